The average molecular weight is 226 g/mol. The Labute approximate surface area is 99.3 Å². The minimum Gasteiger partial charge on any atom is -0.388 e. The van der Waals surface area contributed by atoms with E-state index in [1.807, 2.05) is 0 Å². The second kappa shape index (κ2) is 6.86. The molecule has 94 valence electrons. The highest BCUT2D eigenvalue weighted by Crippen LogP contribution is 2.26. The first-order valence-electron chi connectivity index (χ1n) is 6.46. The van der Waals surface area contributed by atoms with Crippen molar-refractivity contribution in [3.05, 3.63) is 0 Å². The number of rotatable bonds is 9. The number of nitrogens with one attached hydrogen (secondary N) is 1. The minimum absolute atomic E-state index is 0.313. The van der Waals surface area contributed by atoms with Crippen LogP contribution in [-0.2, 0) is 0 Å². The third-order valence-electron chi connectivity index (χ3n) is 3.33. The Bertz CT molecular complexity index is 209. The molecule has 1 saturated carbocycles. The Morgan fingerprint density at radius 1 is 1.19 bits per heavy atom. The summed E-state index contributed by atoms with van der Waals surface area (Å²) in [5, 5.41) is 7.28. The summed E-state index contributed by atoms with van der Waals surface area (Å²) in [4.78, 5) is 4.95. The van der Waals surface area contributed by atoms with Crippen molar-refractivity contribution >= 4 is 5.84 Å². The molecule has 0 heterocycles. The second-order valence-electron chi connectivity index (χ2n) is 4.57. The van der Waals surface area contributed by atoms with Crippen molar-refractivity contribution in [3.63, 3.8) is 0 Å². The Balaban J connectivity index is 2.24. The molecule has 4 heteroatoms. The molecule has 0 unspecified atom stereocenters. The van der Waals surface area contributed by atoms with Gasteiger partial charge in [0.15, 0.2) is 0 Å². The van der Waals surface area contributed by atoms with Crippen molar-refractivity contribution in [2.45, 2.75) is 39.2 Å². The predicted molar refractivity (Wildman–Crippen MR) is 68.9 cm³/mol. The molecular weight excluding hydrogens is 200 g/mol. The van der Waals surface area contributed by atoms with Crippen molar-refractivity contribution in [1.82, 2.24) is 9.80 Å². The van der Waals surface area contributed by atoms with Crippen molar-refractivity contribution in [2.75, 3.05) is 32.7 Å². The summed E-state index contributed by atoms with van der Waals surface area (Å²) in [6.07, 6.45) is 3.38. The van der Waals surface area contributed by atoms with Crippen LogP contribution in [0.1, 0.15) is 33.1 Å². The lowest BCUT2D eigenvalue weighted by Crippen LogP contribution is -2.37. The standard InChI is InChI=1S/C12H26N4/c1-3-15(4-2)9-10-16(11-5-6-11)8-7-12(13)14/h11H,3-10H2,1-2H3,(H3,13,14). The highest BCUT2D eigenvalue weighted by molar-refractivity contribution is 5.76. The summed E-state index contributed by atoms with van der Waals surface area (Å²) in [7, 11) is 0. The van der Waals surface area contributed by atoms with E-state index in [4.69, 9.17) is 11.1 Å². The van der Waals surface area contributed by atoms with Gasteiger partial charge in [-0.15, -0.1) is 0 Å². The molecule has 4 nitrogen and oxygen atoms in total. The Morgan fingerprint density at radius 2 is 1.81 bits per heavy atom. The fraction of sp³-hybridized carbons (Fsp3) is 0.917. The minimum atomic E-state index is 0.313. The van der Waals surface area contributed by atoms with Gasteiger partial charge in [-0.3, -0.25) is 10.3 Å². The van der Waals surface area contributed by atoms with Gasteiger partial charge in [0.1, 0.15) is 0 Å². The fourth-order valence-electron chi connectivity index (χ4n) is 1.99. The Morgan fingerprint density at radius 3 is 2.25 bits per heavy atom. The number of hydrogen-bond acceptors (Lipinski definition) is 3. The molecule has 3 N–H and O–H groups in total. The summed E-state index contributed by atoms with van der Waals surface area (Å²) in [6.45, 7) is 9.90. The van der Waals surface area contributed by atoms with Crippen LogP contribution in [0.3, 0.4) is 0 Å². The van der Waals surface area contributed by atoms with Crippen LogP contribution in [0.5, 0.6) is 0 Å². The number of hydrogen-bond donors (Lipinski definition) is 2. The smallest absolute Gasteiger partial charge is 0.0918 e. The molecule has 1 fully saturated rings. The van der Waals surface area contributed by atoms with Gasteiger partial charge in [0.2, 0.25) is 0 Å². The van der Waals surface area contributed by atoms with Crippen molar-refractivity contribution in [3.8, 4) is 0 Å². The largest absolute Gasteiger partial charge is 0.388 e. The van der Waals surface area contributed by atoms with E-state index in [9.17, 15) is 0 Å². The normalized spacial score (nSPS) is 16.0. The van der Waals surface area contributed by atoms with Crippen molar-refractivity contribution in [1.29, 1.82) is 5.41 Å². The molecule has 0 aromatic rings. The summed E-state index contributed by atoms with van der Waals surface area (Å²) < 4.78 is 0. The predicted octanol–water partition coefficient (Wildman–Crippen LogP) is 1.12. The third kappa shape index (κ3) is 4.94. The highest BCUT2D eigenvalue weighted by atomic mass is 15.2. The van der Waals surface area contributed by atoms with Crippen LogP contribution in [0.25, 0.3) is 0 Å². The van der Waals surface area contributed by atoms with Crippen LogP contribution < -0.4 is 5.73 Å². The summed E-state index contributed by atoms with van der Waals surface area (Å²) in [6, 6.07) is 0.773. The summed E-state index contributed by atoms with van der Waals surface area (Å²) in [5.74, 6) is 0.313. The molecule has 0 radical (unpaired) electrons. The van der Waals surface area contributed by atoms with Crippen LogP contribution >= 0.6 is 0 Å². The lowest BCUT2D eigenvalue weighted by Gasteiger charge is -2.26. The third-order valence-corrected chi connectivity index (χ3v) is 3.33. The SMILES string of the molecule is CCN(CC)CCN(CCC(=N)N)C1CC1. The molecule has 0 amide bonds. The highest BCUT2D eigenvalue weighted by Gasteiger charge is 2.28. The molecule has 1 aliphatic rings. The zero-order valence-electron chi connectivity index (χ0n) is 10.7. The number of amidine groups is 1. The van der Waals surface area contributed by atoms with Gasteiger partial charge in [0.05, 0.1) is 5.84 Å². The van der Waals surface area contributed by atoms with Crippen LogP contribution in [0.2, 0.25) is 0 Å². The van der Waals surface area contributed by atoms with E-state index in [2.05, 4.69) is 23.6 Å². The molecule has 0 aromatic carbocycles. The van der Waals surface area contributed by atoms with Crippen LogP contribution in [0.15, 0.2) is 0 Å². The van der Waals surface area contributed by atoms with E-state index in [0.29, 0.717) is 5.84 Å². The van der Waals surface area contributed by atoms with E-state index in [1.165, 1.54) is 12.8 Å². The monoisotopic (exact) mass is 226 g/mol. The first-order valence-corrected chi connectivity index (χ1v) is 6.46. The van der Waals surface area contributed by atoms with Gasteiger partial charge in [-0.1, -0.05) is 13.8 Å². The number of likely N-dealkylation sites (N-methyl/N-ethyl adjacent to an activating group) is 1. The van der Waals surface area contributed by atoms with Crippen molar-refractivity contribution < 1.29 is 0 Å². The maximum absolute atomic E-state index is 7.28. The zero-order valence-corrected chi connectivity index (χ0v) is 10.7. The number of nitrogens with zero attached hydrogens (tertiary/aromatic N) is 2. The van der Waals surface area contributed by atoms with Crippen molar-refractivity contribution in [2.24, 2.45) is 5.73 Å². The van der Waals surface area contributed by atoms with Crippen LogP contribution in [-0.4, -0.2) is 54.4 Å². The van der Waals surface area contributed by atoms with Gasteiger partial charge >= 0.3 is 0 Å². The molecule has 0 spiro atoms. The zero-order chi connectivity index (χ0) is 12.0. The van der Waals surface area contributed by atoms with Gasteiger partial charge in [-0.25, -0.2) is 0 Å². The maximum atomic E-state index is 7.28. The lowest BCUT2D eigenvalue weighted by molar-refractivity contribution is 0.211. The maximum Gasteiger partial charge on any atom is 0.0918 e. The van der Waals surface area contributed by atoms with Gasteiger partial charge in [-0.2, -0.15) is 0 Å². The molecule has 0 atom stereocenters. The second-order valence-corrected chi connectivity index (χ2v) is 4.57. The van der Waals surface area contributed by atoms with Gasteiger partial charge in [0.25, 0.3) is 0 Å². The van der Waals surface area contributed by atoms with E-state index < -0.39 is 0 Å². The average Bonchev–Trinajstić information content (AvgIpc) is 3.07. The summed E-state index contributed by atoms with van der Waals surface area (Å²) in [5.41, 5.74) is 5.42. The Hall–Kier alpha value is -0.610. The first kappa shape index (κ1) is 13.5. The molecule has 0 bridgehead atoms. The quantitative estimate of drug-likeness (QED) is 0.457. The van der Waals surface area contributed by atoms with Gasteiger partial charge in [0, 0.05) is 32.1 Å². The van der Waals surface area contributed by atoms with E-state index in [0.717, 1.165) is 45.2 Å². The molecule has 0 aliphatic heterocycles. The molecule has 16 heavy (non-hydrogen) atoms. The Kier molecular flexibility index (Phi) is 5.77. The van der Waals surface area contributed by atoms with E-state index in [1.54, 1.807) is 0 Å². The topological polar surface area (TPSA) is 56.4 Å². The fourth-order valence-corrected chi connectivity index (χ4v) is 1.99. The van der Waals surface area contributed by atoms with E-state index >= 15 is 0 Å². The van der Waals surface area contributed by atoms with E-state index in [-0.39, 0.29) is 0 Å². The lowest BCUT2D eigenvalue weighted by atomic mass is 10.3. The molecule has 1 rings (SSSR count). The van der Waals surface area contributed by atoms with Gasteiger partial charge in [-0.05, 0) is 25.9 Å². The van der Waals surface area contributed by atoms with Gasteiger partial charge < -0.3 is 10.6 Å². The molecule has 1 aliphatic carbocycles. The molecule has 0 aromatic heterocycles. The summed E-state index contributed by atoms with van der Waals surface area (Å²) >= 11 is 0. The van der Waals surface area contributed by atoms with Crippen LogP contribution in [0, 0.1) is 5.41 Å². The number of nitrogens with two attached hydrogens (primary N) is 1. The first-order chi connectivity index (χ1) is 7.67. The van der Waals surface area contributed by atoms with Crippen LogP contribution in [0.4, 0.5) is 0 Å². The molecular formula is C12H26N4. The molecule has 0 saturated heterocycles.